The molecule has 48 heavy (non-hydrogen) atoms. The lowest BCUT2D eigenvalue weighted by Crippen LogP contribution is -2.58. The first kappa shape index (κ1) is 34.0. The highest BCUT2D eigenvalue weighted by Crippen LogP contribution is 2.68. The number of esters is 1. The zero-order valence-electron chi connectivity index (χ0n) is 27.6. The maximum atomic E-state index is 16.5. The van der Waals surface area contributed by atoms with Gasteiger partial charge in [-0.15, -0.1) is 0 Å². The van der Waals surface area contributed by atoms with Crippen molar-refractivity contribution in [2.75, 3.05) is 5.32 Å². The highest BCUT2D eigenvalue weighted by Gasteiger charge is 2.62. The summed E-state index contributed by atoms with van der Waals surface area (Å²) in [6.45, 7) is 6.83. The Morgan fingerprint density at radius 1 is 1.02 bits per heavy atom. The fraction of sp³-hybridized carbons (Fsp3) is 0.735. The topological polar surface area (TPSA) is 195 Å². The Morgan fingerprint density at radius 2 is 1.71 bits per heavy atom. The number of ether oxygens (including phenoxy) is 1. The molecule has 13 nitrogen and oxygen atoms in total. The van der Waals surface area contributed by atoms with Crippen LogP contribution in [0.1, 0.15) is 91.4 Å². The summed E-state index contributed by atoms with van der Waals surface area (Å²) in [6.07, 6.45) is 4.73. The number of non-ortho nitro benzene ring substituents is 1. The SMILES string of the molecule is C[C@H](CCC(=O)O)C1CC[C@H]2[C@@H]3CC[C@@H]4[C@@H](F)[C@@H](OC(=O)[C@H](CC(=O)O)Nc5ccc([N+](=O)[O-])c6nonc56)CC[C@]4(C)[C@H]3CC[C@]12C. The Bertz CT molecular complexity index is 1580. The van der Waals surface area contributed by atoms with E-state index in [1.807, 2.05) is 0 Å². The minimum absolute atomic E-state index is 0.0483. The highest BCUT2D eigenvalue weighted by atomic mass is 19.1. The Morgan fingerprint density at radius 3 is 2.42 bits per heavy atom. The smallest absolute Gasteiger partial charge is 0.329 e. The van der Waals surface area contributed by atoms with Crippen molar-refractivity contribution in [1.82, 2.24) is 10.3 Å². The monoisotopic (exact) mass is 672 g/mol. The molecule has 0 amide bonds. The van der Waals surface area contributed by atoms with Crippen LogP contribution in [-0.2, 0) is 19.1 Å². The molecule has 4 saturated carbocycles. The number of carbonyl (C=O) groups is 3. The van der Waals surface area contributed by atoms with E-state index in [4.69, 9.17) is 4.74 Å². The number of aliphatic carboxylic acids is 2. The molecule has 1 aromatic heterocycles. The lowest BCUT2D eigenvalue weighted by molar-refractivity contribution is -0.383. The van der Waals surface area contributed by atoms with E-state index >= 15 is 4.39 Å². The van der Waals surface area contributed by atoms with Crippen LogP contribution in [-0.4, -0.2) is 61.7 Å². The number of halogens is 1. The number of hydrogen-bond acceptors (Lipinski definition) is 10. The second kappa shape index (κ2) is 12.9. The average Bonchev–Trinajstić information content (AvgIpc) is 3.66. The van der Waals surface area contributed by atoms with Crippen molar-refractivity contribution in [3.63, 3.8) is 0 Å². The number of benzene rings is 1. The zero-order chi connectivity index (χ0) is 34.5. The minimum atomic E-state index is -1.41. The molecule has 1 unspecified atom stereocenters. The molecule has 1 heterocycles. The Kier molecular flexibility index (Phi) is 9.14. The number of hydrogen-bond donors (Lipinski definition) is 3. The number of alkyl halides is 1. The van der Waals surface area contributed by atoms with E-state index < -0.39 is 47.6 Å². The number of carbonyl (C=O) groups excluding carboxylic acids is 1. The Hall–Kier alpha value is -3.84. The van der Waals surface area contributed by atoms with E-state index in [-0.39, 0.29) is 45.6 Å². The fourth-order valence-electron chi connectivity index (χ4n) is 10.8. The molecule has 4 fully saturated rings. The number of fused-ring (bicyclic) bond motifs is 6. The molecule has 6 rings (SSSR count). The number of aromatic nitrogens is 2. The zero-order valence-corrected chi connectivity index (χ0v) is 27.6. The fourth-order valence-corrected chi connectivity index (χ4v) is 10.8. The standard InChI is InChI=1S/C34H45FN4O9/c1-17(4-11-27(40)41)19-7-8-20-18-5-6-22-29(35)26(13-15-34(22,3)21(18)12-14-33(19,20)2)47-32(44)24(16-28(42)43)36-23-9-10-25(39(45)46)31-30(23)37-48-38-31/h9-10,17-22,24,26,29,36H,4-8,11-16H2,1-3H3,(H,40,41)(H,42,43)/t17-,18+,19?,20+,21+,22-,24+,26+,29-,33-,34-/m1/s1. The molecule has 0 aliphatic heterocycles. The van der Waals surface area contributed by atoms with Gasteiger partial charge in [-0.2, -0.15) is 0 Å². The van der Waals surface area contributed by atoms with Crippen LogP contribution in [0.5, 0.6) is 0 Å². The van der Waals surface area contributed by atoms with Gasteiger partial charge in [0, 0.05) is 12.5 Å². The largest absolute Gasteiger partial charge is 0.481 e. The van der Waals surface area contributed by atoms with Gasteiger partial charge in [-0.05, 0) is 121 Å². The van der Waals surface area contributed by atoms with Gasteiger partial charge in [0.25, 0.3) is 0 Å². The number of nitro groups is 1. The Labute approximate surface area is 277 Å². The first-order valence-corrected chi connectivity index (χ1v) is 17.2. The molecule has 0 bridgehead atoms. The number of nitro benzene ring substituents is 1. The van der Waals surface area contributed by atoms with Crippen molar-refractivity contribution in [2.24, 2.45) is 46.3 Å². The average molecular weight is 673 g/mol. The third-order valence-corrected chi connectivity index (χ3v) is 13.1. The molecule has 262 valence electrons. The van der Waals surface area contributed by atoms with Crippen LogP contribution >= 0.6 is 0 Å². The third kappa shape index (κ3) is 5.89. The van der Waals surface area contributed by atoms with Crippen molar-refractivity contribution in [3.8, 4) is 0 Å². The predicted molar refractivity (Wildman–Crippen MR) is 170 cm³/mol. The van der Waals surface area contributed by atoms with Crippen LogP contribution in [0.4, 0.5) is 15.8 Å². The van der Waals surface area contributed by atoms with Gasteiger partial charge in [0.05, 0.1) is 17.0 Å². The minimum Gasteiger partial charge on any atom is -0.481 e. The lowest BCUT2D eigenvalue weighted by Gasteiger charge is -2.61. The molecule has 0 spiro atoms. The molecule has 14 heteroatoms. The quantitative estimate of drug-likeness (QED) is 0.135. The summed E-state index contributed by atoms with van der Waals surface area (Å²) >= 11 is 0. The van der Waals surface area contributed by atoms with Crippen molar-refractivity contribution in [3.05, 3.63) is 22.2 Å². The van der Waals surface area contributed by atoms with Crippen LogP contribution in [0.3, 0.4) is 0 Å². The molecule has 0 saturated heterocycles. The van der Waals surface area contributed by atoms with Crippen molar-refractivity contribution in [1.29, 1.82) is 0 Å². The molecule has 3 N–H and O–H groups in total. The third-order valence-electron chi connectivity index (χ3n) is 13.1. The summed E-state index contributed by atoms with van der Waals surface area (Å²) in [7, 11) is 0. The van der Waals surface area contributed by atoms with E-state index in [2.05, 4.69) is 41.0 Å². The van der Waals surface area contributed by atoms with Gasteiger partial charge in [-0.1, -0.05) is 20.8 Å². The number of rotatable bonds is 11. The van der Waals surface area contributed by atoms with E-state index in [0.717, 1.165) is 38.2 Å². The van der Waals surface area contributed by atoms with E-state index in [1.165, 1.54) is 6.07 Å². The number of carboxylic acid groups (broad SMARTS) is 2. The van der Waals surface area contributed by atoms with Gasteiger partial charge in [0.2, 0.25) is 5.52 Å². The van der Waals surface area contributed by atoms with Gasteiger partial charge in [-0.25, -0.2) is 13.8 Å². The molecule has 0 radical (unpaired) electrons. The highest BCUT2D eigenvalue weighted by molar-refractivity contribution is 5.95. The number of nitrogens with one attached hydrogen (secondary N) is 1. The van der Waals surface area contributed by atoms with Crippen LogP contribution in [0.25, 0.3) is 11.0 Å². The first-order valence-electron chi connectivity index (χ1n) is 17.2. The molecule has 2 aromatic rings. The predicted octanol–water partition coefficient (Wildman–Crippen LogP) is 6.41. The van der Waals surface area contributed by atoms with Crippen LogP contribution in [0.2, 0.25) is 0 Å². The number of anilines is 1. The lowest BCUT2D eigenvalue weighted by atomic mass is 9.44. The summed E-state index contributed by atoms with van der Waals surface area (Å²) in [4.78, 5) is 47.1. The molecule has 4 aliphatic carbocycles. The maximum absolute atomic E-state index is 16.5. The van der Waals surface area contributed by atoms with Gasteiger partial charge in [-0.3, -0.25) is 19.7 Å². The van der Waals surface area contributed by atoms with Gasteiger partial charge >= 0.3 is 23.6 Å². The van der Waals surface area contributed by atoms with E-state index in [1.54, 1.807) is 0 Å². The second-order valence-corrected chi connectivity index (χ2v) is 15.3. The van der Waals surface area contributed by atoms with Gasteiger partial charge in [0.1, 0.15) is 18.3 Å². The molecule has 1 aromatic carbocycles. The molecule has 11 atom stereocenters. The summed E-state index contributed by atoms with van der Waals surface area (Å²) in [6, 6.07) is 1.02. The normalized spacial score (nSPS) is 35.5. The van der Waals surface area contributed by atoms with Crippen LogP contribution in [0, 0.1) is 56.5 Å². The van der Waals surface area contributed by atoms with Gasteiger partial charge in [0.15, 0.2) is 5.52 Å². The van der Waals surface area contributed by atoms with E-state index in [9.17, 15) is 34.7 Å². The summed E-state index contributed by atoms with van der Waals surface area (Å²) < 4.78 is 26.9. The molecular formula is C34H45FN4O9. The number of nitrogens with zero attached hydrogens (tertiary/aromatic N) is 3. The van der Waals surface area contributed by atoms with Crippen molar-refractivity contribution >= 4 is 40.3 Å². The summed E-state index contributed by atoms with van der Waals surface area (Å²) in [5.74, 6) is -1.03. The first-order chi connectivity index (χ1) is 22.7. The summed E-state index contributed by atoms with van der Waals surface area (Å²) in [5, 5.41) is 40.2. The Balaban J connectivity index is 1.14. The van der Waals surface area contributed by atoms with E-state index in [0.29, 0.717) is 55.3 Å². The van der Waals surface area contributed by atoms with Crippen molar-refractivity contribution < 1.29 is 43.3 Å². The summed E-state index contributed by atoms with van der Waals surface area (Å²) in [5.41, 5.74) is -0.567. The maximum Gasteiger partial charge on any atom is 0.329 e. The second-order valence-electron chi connectivity index (χ2n) is 15.3. The number of carboxylic acids is 2. The van der Waals surface area contributed by atoms with Crippen molar-refractivity contribution in [2.45, 2.75) is 110 Å². The molecular weight excluding hydrogens is 627 g/mol. The molecule has 4 aliphatic rings. The van der Waals surface area contributed by atoms with Crippen LogP contribution < -0.4 is 5.32 Å². The van der Waals surface area contributed by atoms with Gasteiger partial charge < -0.3 is 20.3 Å². The van der Waals surface area contributed by atoms with Crippen LogP contribution in [0.15, 0.2) is 16.8 Å².